The van der Waals surface area contributed by atoms with Crippen molar-refractivity contribution in [2.24, 2.45) is 5.92 Å². The second-order valence-corrected chi connectivity index (χ2v) is 6.75. The van der Waals surface area contributed by atoms with Crippen LogP contribution in [0.2, 0.25) is 0 Å². The molecule has 136 valence electrons. The molecule has 1 N–H and O–H groups in total. The summed E-state index contributed by atoms with van der Waals surface area (Å²) >= 11 is 0. The highest BCUT2D eigenvalue weighted by molar-refractivity contribution is 5.85. The summed E-state index contributed by atoms with van der Waals surface area (Å²) in [5.74, 6) is 0.227. The number of hydrogen-bond donors (Lipinski definition) is 1. The second kappa shape index (κ2) is 11.1. The number of nitrogens with zero attached hydrogens (tertiary/aromatic N) is 1. The molecule has 4 heteroatoms. The molecule has 1 rings (SSSR count). The number of rotatable bonds is 8. The van der Waals surface area contributed by atoms with Crippen LogP contribution in [-0.4, -0.2) is 36.3 Å². The summed E-state index contributed by atoms with van der Waals surface area (Å²) in [6.07, 6.45) is 10.4. The first kappa shape index (κ1) is 20.5. The second-order valence-electron chi connectivity index (χ2n) is 6.75. The van der Waals surface area contributed by atoms with Crippen molar-refractivity contribution in [2.75, 3.05) is 19.6 Å². The third-order valence-electron chi connectivity index (χ3n) is 4.89. The highest BCUT2D eigenvalue weighted by Crippen LogP contribution is 2.25. The predicted octanol–water partition coefficient (Wildman–Crippen LogP) is 3.83. The van der Waals surface area contributed by atoms with Gasteiger partial charge in [0.15, 0.2) is 0 Å². The smallest absolute Gasteiger partial charge is 0.239 e. The van der Waals surface area contributed by atoms with Gasteiger partial charge in [-0.15, -0.1) is 0 Å². The molecule has 1 saturated carbocycles. The topological polar surface area (TPSA) is 49.4 Å². The Morgan fingerprint density at radius 1 is 1.17 bits per heavy atom. The van der Waals surface area contributed by atoms with Crippen LogP contribution in [-0.2, 0) is 9.59 Å². The maximum Gasteiger partial charge on any atom is 0.239 e. The molecule has 2 amide bonds. The van der Waals surface area contributed by atoms with Crippen LogP contribution in [0.3, 0.4) is 0 Å². The average molecular weight is 335 g/mol. The van der Waals surface area contributed by atoms with Gasteiger partial charge in [0, 0.05) is 19.0 Å². The molecule has 0 heterocycles. The monoisotopic (exact) mass is 334 g/mol. The lowest BCUT2D eigenvalue weighted by Gasteiger charge is -2.28. The summed E-state index contributed by atoms with van der Waals surface area (Å²) in [6, 6.07) is 0. The molecular formula is C20H34N2O2. The molecule has 4 nitrogen and oxygen atoms in total. The van der Waals surface area contributed by atoms with Crippen molar-refractivity contribution in [1.82, 2.24) is 10.2 Å². The van der Waals surface area contributed by atoms with E-state index >= 15 is 0 Å². The van der Waals surface area contributed by atoms with Gasteiger partial charge in [-0.25, -0.2) is 0 Å². The number of allylic oxidation sites excluding steroid dienone is 3. The van der Waals surface area contributed by atoms with Crippen molar-refractivity contribution in [1.29, 1.82) is 0 Å². The Morgan fingerprint density at radius 2 is 1.83 bits per heavy atom. The Morgan fingerprint density at radius 3 is 2.42 bits per heavy atom. The highest BCUT2D eigenvalue weighted by atomic mass is 16.2. The fourth-order valence-corrected chi connectivity index (χ4v) is 3.16. The first-order valence-corrected chi connectivity index (χ1v) is 9.34. The van der Waals surface area contributed by atoms with Gasteiger partial charge in [-0.05, 0) is 47.0 Å². The Hall–Kier alpha value is -1.58. The van der Waals surface area contributed by atoms with Crippen LogP contribution < -0.4 is 5.32 Å². The maximum atomic E-state index is 12.5. The zero-order valence-corrected chi connectivity index (χ0v) is 15.9. The van der Waals surface area contributed by atoms with Crippen LogP contribution in [0.1, 0.15) is 66.2 Å². The molecule has 0 atom stereocenters. The number of carbonyl (C=O) groups excluding carboxylic acids is 2. The van der Waals surface area contributed by atoms with Crippen molar-refractivity contribution >= 4 is 11.8 Å². The van der Waals surface area contributed by atoms with Crippen LogP contribution >= 0.6 is 0 Å². The molecule has 0 aromatic heterocycles. The van der Waals surface area contributed by atoms with Gasteiger partial charge in [0.2, 0.25) is 11.8 Å². The Balaban J connectivity index is 2.41. The third kappa shape index (κ3) is 6.90. The molecule has 0 aliphatic heterocycles. The fourth-order valence-electron chi connectivity index (χ4n) is 3.16. The summed E-state index contributed by atoms with van der Waals surface area (Å²) in [6.45, 7) is 9.52. The van der Waals surface area contributed by atoms with E-state index in [1.165, 1.54) is 17.6 Å². The molecule has 0 aromatic rings. The van der Waals surface area contributed by atoms with Crippen LogP contribution in [0.25, 0.3) is 0 Å². The molecule has 0 saturated heterocycles. The van der Waals surface area contributed by atoms with Gasteiger partial charge in [-0.2, -0.15) is 0 Å². The fraction of sp³-hybridized carbons (Fsp3) is 0.700. The minimum atomic E-state index is -0.0579. The van der Waals surface area contributed by atoms with Gasteiger partial charge in [0.1, 0.15) is 0 Å². The standard InChI is InChI=1S/C20H34N2O2/c1-5-10-16(3)17(4)13-14-21-19(23)15-22(6-2)20(24)18-11-8-7-9-12-18/h5,10,18H,6-9,11-15H2,1-4H3,(H,21,23)/b10-5-,17-16+. The van der Waals surface area contributed by atoms with E-state index in [0.29, 0.717) is 13.1 Å². The highest BCUT2D eigenvalue weighted by Gasteiger charge is 2.26. The van der Waals surface area contributed by atoms with Crippen molar-refractivity contribution in [3.05, 3.63) is 23.3 Å². The van der Waals surface area contributed by atoms with E-state index in [0.717, 1.165) is 32.1 Å². The van der Waals surface area contributed by atoms with Gasteiger partial charge in [0.05, 0.1) is 6.54 Å². The summed E-state index contributed by atoms with van der Waals surface area (Å²) in [4.78, 5) is 26.4. The molecule has 24 heavy (non-hydrogen) atoms. The minimum absolute atomic E-state index is 0.0579. The van der Waals surface area contributed by atoms with E-state index in [9.17, 15) is 9.59 Å². The zero-order valence-electron chi connectivity index (χ0n) is 15.9. The minimum Gasteiger partial charge on any atom is -0.354 e. The molecule has 0 spiro atoms. The van der Waals surface area contributed by atoms with Crippen LogP contribution in [0.15, 0.2) is 23.3 Å². The van der Waals surface area contributed by atoms with E-state index < -0.39 is 0 Å². The lowest BCUT2D eigenvalue weighted by Crippen LogP contribution is -2.43. The van der Waals surface area contributed by atoms with Crippen molar-refractivity contribution in [3.63, 3.8) is 0 Å². The van der Waals surface area contributed by atoms with E-state index in [-0.39, 0.29) is 24.3 Å². The van der Waals surface area contributed by atoms with E-state index in [2.05, 4.69) is 25.2 Å². The molecule has 1 aliphatic carbocycles. The number of hydrogen-bond acceptors (Lipinski definition) is 2. The SMILES string of the molecule is C/C=C\C(C)=C(/C)CCNC(=O)CN(CC)C(=O)C1CCCCC1. The van der Waals surface area contributed by atoms with Crippen molar-refractivity contribution < 1.29 is 9.59 Å². The maximum absolute atomic E-state index is 12.5. The molecule has 0 bridgehead atoms. The molecule has 0 unspecified atom stereocenters. The largest absolute Gasteiger partial charge is 0.354 e. The normalized spacial score (nSPS) is 16.8. The Labute approximate surface area is 147 Å². The first-order valence-electron chi connectivity index (χ1n) is 9.34. The predicted molar refractivity (Wildman–Crippen MR) is 99.6 cm³/mol. The molecule has 0 aromatic carbocycles. The van der Waals surface area contributed by atoms with E-state index in [1.54, 1.807) is 4.90 Å². The summed E-state index contributed by atoms with van der Waals surface area (Å²) in [7, 11) is 0. The summed E-state index contributed by atoms with van der Waals surface area (Å²) < 4.78 is 0. The van der Waals surface area contributed by atoms with E-state index in [4.69, 9.17) is 0 Å². The first-order chi connectivity index (χ1) is 11.5. The van der Waals surface area contributed by atoms with Crippen molar-refractivity contribution in [3.8, 4) is 0 Å². The Bertz CT molecular complexity index is 474. The number of nitrogens with one attached hydrogen (secondary N) is 1. The Kier molecular flexibility index (Phi) is 9.43. The van der Waals surface area contributed by atoms with Crippen LogP contribution in [0.5, 0.6) is 0 Å². The lowest BCUT2D eigenvalue weighted by molar-refractivity contribution is -0.140. The summed E-state index contributed by atoms with van der Waals surface area (Å²) in [5, 5.41) is 2.94. The van der Waals surface area contributed by atoms with Gasteiger partial charge in [0.25, 0.3) is 0 Å². The molecule has 1 fully saturated rings. The molecular weight excluding hydrogens is 300 g/mol. The van der Waals surface area contributed by atoms with E-state index in [1.807, 2.05) is 19.9 Å². The number of likely N-dealkylation sites (N-methyl/N-ethyl adjacent to an activating group) is 1. The zero-order chi connectivity index (χ0) is 17.9. The van der Waals surface area contributed by atoms with Gasteiger partial charge >= 0.3 is 0 Å². The number of amides is 2. The van der Waals surface area contributed by atoms with Crippen molar-refractivity contribution in [2.45, 2.75) is 66.2 Å². The lowest BCUT2D eigenvalue weighted by atomic mass is 9.88. The average Bonchev–Trinajstić information content (AvgIpc) is 2.59. The molecule has 0 radical (unpaired) electrons. The quantitative estimate of drug-likeness (QED) is 0.686. The van der Waals surface area contributed by atoms with Crippen LogP contribution in [0, 0.1) is 5.92 Å². The van der Waals surface area contributed by atoms with Gasteiger partial charge in [-0.3, -0.25) is 9.59 Å². The third-order valence-corrected chi connectivity index (χ3v) is 4.89. The van der Waals surface area contributed by atoms with Gasteiger partial charge in [-0.1, -0.05) is 42.6 Å². The molecule has 1 aliphatic rings. The number of carbonyl (C=O) groups is 2. The summed E-state index contributed by atoms with van der Waals surface area (Å²) in [5.41, 5.74) is 2.52. The van der Waals surface area contributed by atoms with Gasteiger partial charge < -0.3 is 10.2 Å². The van der Waals surface area contributed by atoms with Crippen LogP contribution in [0.4, 0.5) is 0 Å².